The van der Waals surface area contributed by atoms with Crippen molar-refractivity contribution in [3.05, 3.63) is 17.5 Å². The van der Waals surface area contributed by atoms with Crippen molar-refractivity contribution >= 4 is 5.95 Å². The van der Waals surface area contributed by atoms with Crippen LogP contribution in [0, 0.1) is 6.92 Å². The van der Waals surface area contributed by atoms with Gasteiger partial charge in [-0.3, -0.25) is 0 Å². The molecule has 4 heteroatoms. The molecule has 0 saturated heterocycles. The predicted molar refractivity (Wildman–Crippen MR) is 58.5 cm³/mol. The van der Waals surface area contributed by atoms with Crippen molar-refractivity contribution in [2.45, 2.75) is 20.4 Å². The van der Waals surface area contributed by atoms with E-state index in [0.29, 0.717) is 0 Å². The van der Waals surface area contributed by atoms with Gasteiger partial charge in [-0.15, -0.1) is 0 Å². The van der Waals surface area contributed by atoms with Gasteiger partial charge < -0.3 is 10.2 Å². The summed E-state index contributed by atoms with van der Waals surface area (Å²) in [5.41, 5.74) is 2.06. The number of anilines is 1. The van der Waals surface area contributed by atoms with Crippen molar-refractivity contribution in [3.63, 3.8) is 0 Å². The van der Waals surface area contributed by atoms with Gasteiger partial charge in [0.1, 0.15) is 0 Å². The molecular weight excluding hydrogens is 176 g/mol. The first-order valence-corrected chi connectivity index (χ1v) is 4.86. The summed E-state index contributed by atoms with van der Waals surface area (Å²) in [6.07, 6.45) is 0. The van der Waals surface area contributed by atoms with Crippen LogP contribution in [-0.2, 0) is 6.54 Å². The lowest BCUT2D eigenvalue weighted by molar-refractivity contribution is 0.705. The standard InChI is InChI=1S/C10H18N4/c1-5-11-7-9-6-8(2)12-10(13-9)14(3)4/h6,11H,5,7H2,1-4H3. The molecule has 0 spiro atoms. The largest absolute Gasteiger partial charge is 0.347 e. The molecule has 1 aromatic rings. The van der Waals surface area contributed by atoms with Crippen LogP contribution in [0.4, 0.5) is 5.95 Å². The van der Waals surface area contributed by atoms with Crippen LogP contribution in [0.5, 0.6) is 0 Å². The SMILES string of the molecule is CCNCc1cc(C)nc(N(C)C)n1. The van der Waals surface area contributed by atoms with Gasteiger partial charge in [-0.25, -0.2) is 9.97 Å². The molecule has 0 saturated carbocycles. The van der Waals surface area contributed by atoms with E-state index in [1.165, 1.54) is 0 Å². The number of aryl methyl sites for hydroxylation is 1. The monoisotopic (exact) mass is 194 g/mol. The molecule has 0 radical (unpaired) electrons. The smallest absolute Gasteiger partial charge is 0.225 e. The minimum absolute atomic E-state index is 0.776. The second-order valence-corrected chi connectivity index (χ2v) is 3.48. The minimum Gasteiger partial charge on any atom is -0.347 e. The third-order valence-corrected chi connectivity index (χ3v) is 1.85. The van der Waals surface area contributed by atoms with E-state index >= 15 is 0 Å². The maximum atomic E-state index is 4.42. The van der Waals surface area contributed by atoms with Crippen molar-refractivity contribution in [2.75, 3.05) is 25.5 Å². The molecule has 1 N–H and O–H groups in total. The van der Waals surface area contributed by atoms with Crippen molar-refractivity contribution in [1.29, 1.82) is 0 Å². The Balaban J connectivity index is 2.84. The molecule has 1 rings (SSSR count). The number of nitrogens with zero attached hydrogens (tertiary/aromatic N) is 3. The summed E-state index contributed by atoms with van der Waals surface area (Å²) >= 11 is 0. The normalized spacial score (nSPS) is 10.3. The van der Waals surface area contributed by atoms with Crippen molar-refractivity contribution in [3.8, 4) is 0 Å². The van der Waals surface area contributed by atoms with E-state index < -0.39 is 0 Å². The predicted octanol–water partition coefficient (Wildman–Crippen LogP) is 0.961. The van der Waals surface area contributed by atoms with E-state index in [9.17, 15) is 0 Å². The number of nitrogens with one attached hydrogen (secondary N) is 1. The van der Waals surface area contributed by atoms with E-state index in [4.69, 9.17) is 0 Å². The molecule has 1 aromatic heterocycles. The molecule has 14 heavy (non-hydrogen) atoms. The van der Waals surface area contributed by atoms with Crippen LogP contribution in [0.15, 0.2) is 6.07 Å². The third kappa shape index (κ3) is 2.96. The number of aromatic nitrogens is 2. The zero-order chi connectivity index (χ0) is 10.6. The lowest BCUT2D eigenvalue weighted by atomic mass is 10.3. The quantitative estimate of drug-likeness (QED) is 0.775. The summed E-state index contributed by atoms with van der Waals surface area (Å²) in [5, 5.41) is 3.25. The fraction of sp³-hybridized carbons (Fsp3) is 0.600. The summed E-state index contributed by atoms with van der Waals surface area (Å²) in [6.45, 7) is 5.84. The van der Waals surface area contributed by atoms with Gasteiger partial charge in [-0.1, -0.05) is 6.92 Å². The lowest BCUT2D eigenvalue weighted by Crippen LogP contribution is -2.17. The molecule has 0 fully saturated rings. The minimum atomic E-state index is 0.776. The van der Waals surface area contributed by atoms with Crippen molar-refractivity contribution in [1.82, 2.24) is 15.3 Å². The Morgan fingerprint density at radius 2 is 2.07 bits per heavy atom. The van der Waals surface area contributed by atoms with Gasteiger partial charge in [-0.2, -0.15) is 0 Å². The maximum Gasteiger partial charge on any atom is 0.225 e. The van der Waals surface area contributed by atoms with Crippen molar-refractivity contribution < 1.29 is 0 Å². The Morgan fingerprint density at radius 1 is 1.36 bits per heavy atom. The van der Waals surface area contributed by atoms with Crippen LogP contribution >= 0.6 is 0 Å². The Morgan fingerprint density at radius 3 is 2.64 bits per heavy atom. The molecule has 1 heterocycles. The molecule has 0 aromatic carbocycles. The summed E-state index contributed by atoms with van der Waals surface area (Å²) in [4.78, 5) is 10.7. The Labute approximate surface area is 85.4 Å². The Kier molecular flexibility index (Phi) is 3.83. The molecule has 0 aliphatic heterocycles. The zero-order valence-electron chi connectivity index (χ0n) is 9.33. The van der Waals surface area contributed by atoms with Crippen LogP contribution in [0.3, 0.4) is 0 Å². The number of hydrogen-bond donors (Lipinski definition) is 1. The van der Waals surface area contributed by atoms with E-state index in [0.717, 1.165) is 30.4 Å². The Bertz CT molecular complexity index is 296. The fourth-order valence-electron chi connectivity index (χ4n) is 1.16. The average molecular weight is 194 g/mol. The average Bonchev–Trinajstić information content (AvgIpc) is 2.14. The highest BCUT2D eigenvalue weighted by Crippen LogP contribution is 2.06. The zero-order valence-corrected chi connectivity index (χ0v) is 9.33. The molecule has 0 bridgehead atoms. The van der Waals surface area contributed by atoms with Gasteiger partial charge in [0.05, 0.1) is 5.69 Å². The third-order valence-electron chi connectivity index (χ3n) is 1.85. The first-order valence-electron chi connectivity index (χ1n) is 4.86. The lowest BCUT2D eigenvalue weighted by Gasteiger charge is -2.12. The van der Waals surface area contributed by atoms with E-state index in [-0.39, 0.29) is 0 Å². The van der Waals surface area contributed by atoms with Gasteiger partial charge in [0, 0.05) is 26.3 Å². The van der Waals surface area contributed by atoms with E-state index in [1.54, 1.807) is 0 Å². The van der Waals surface area contributed by atoms with Gasteiger partial charge in [0.15, 0.2) is 0 Å². The summed E-state index contributed by atoms with van der Waals surface area (Å²) < 4.78 is 0. The maximum absolute atomic E-state index is 4.42. The summed E-state index contributed by atoms with van der Waals surface area (Å²) in [5.74, 6) is 0.776. The molecule has 0 aliphatic carbocycles. The van der Waals surface area contributed by atoms with E-state index in [1.807, 2.05) is 32.0 Å². The highest BCUT2D eigenvalue weighted by atomic mass is 15.2. The molecule has 0 unspecified atom stereocenters. The van der Waals surface area contributed by atoms with Crippen molar-refractivity contribution in [2.24, 2.45) is 0 Å². The topological polar surface area (TPSA) is 41.1 Å². The molecule has 0 amide bonds. The highest BCUT2D eigenvalue weighted by molar-refractivity contribution is 5.29. The number of hydrogen-bond acceptors (Lipinski definition) is 4. The van der Waals surface area contributed by atoms with Crippen LogP contribution in [0.25, 0.3) is 0 Å². The molecular formula is C10H18N4. The number of rotatable bonds is 4. The van der Waals surface area contributed by atoms with Crippen LogP contribution < -0.4 is 10.2 Å². The molecule has 0 atom stereocenters. The van der Waals surface area contributed by atoms with Gasteiger partial charge in [0.25, 0.3) is 0 Å². The first kappa shape index (κ1) is 10.9. The van der Waals surface area contributed by atoms with Gasteiger partial charge >= 0.3 is 0 Å². The molecule has 78 valence electrons. The van der Waals surface area contributed by atoms with Crippen LogP contribution in [0.2, 0.25) is 0 Å². The second-order valence-electron chi connectivity index (χ2n) is 3.48. The van der Waals surface area contributed by atoms with E-state index in [2.05, 4.69) is 22.2 Å². The van der Waals surface area contributed by atoms with Crippen LogP contribution in [0.1, 0.15) is 18.3 Å². The second kappa shape index (κ2) is 4.91. The van der Waals surface area contributed by atoms with Gasteiger partial charge in [0.2, 0.25) is 5.95 Å². The van der Waals surface area contributed by atoms with Gasteiger partial charge in [-0.05, 0) is 19.5 Å². The summed E-state index contributed by atoms with van der Waals surface area (Å²) in [7, 11) is 3.90. The first-order chi connectivity index (χ1) is 6.63. The molecule has 0 aliphatic rings. The van der Waals surface area contributed by atoms with Crippen LogP contribution in [-0.4, -0.2) is 30.6 Å². The molecule has 4 nitrogen and oxygen atoms in total. The fourth-order valence-corrected chi connectivity index (χ4v) is 1.16. The Hall–Kier alpha value is -1.16. The highest BCUT2D eigenvalue weighted by Gasteiger charge is 2.02. The summed E-state index contributed by atoms with van der Waals surface area (Å²) in [6, 6.07) is 2.01.